The molecule has 0 radical (unpaired) electrons. The van der Waals surface area contributed by atoms with Crippen LogP contribution in [0.5, 0.6) is 11.5 Å². The van der Waals surface area contributed by atoms with E-state index in [4.69, 9.17) is 15.6 Å². The number of aliphatic hydroxyl groups is 1. The van der Waals surface area contributed by atoms with Crippen molar-refractivity contribution in [1.29, 1.82) is 0 Å². The van der Waals surface area contributed by atoms with E-state index in [1.54, 1.807) is 18.2 Å². The molecule has 0 saturated heterocycles. The Labute approximate surface area is 108 Å². The second kappa shape index (κ2) is 8.17. The number of rotatable bonds is 6. The van der Waals surface area contributed by atoms with Crippen LogP contribution >= 0.6 is 12.4 Å². The smallest absolute Gasteiger partial charge is 0.161 e. The van der Waals surface area contributed by atoms with E-state index < -0.39 is 0 Å². The van der Waals surface area contributed by atoms with Crippen molar-refractivity contribution in [1.82, 2.24) is 0 Å². The standard InChI is InChI=1S/C12H19NO3.ClH/c1-2-16-12-8-9(5-6-11(12)15)10(13)4-3-7-14;/h5-6,8,10,14-15H,2-4,7,13H2,1H3;1H/t10-;/m0./s1. The fourth-order valence-corrected chi connectivity index (χ4v) is 1.51. The van der Waals surface area contributed by atoms with Crippen molar-refractivity contribution in [3.05, 3.63) is 23.8 Å². The minimum atomic E-state index is -0.132. The molecule has 1 aromatic carbocycles. The number of hydrogen-bond donors (Lipinski definition) is 3. The molecule has 5 heteroatoms. The van der Waals surface area contributed by atoms with Gasteiger partial charge in [-0.3, -0.25) is 0 Å². The molecule has 1 rings (SSSR count). The predicted octanol–water partition coefficient (Wildman–Crippen LogP) is 1.99. The van der Waals surface area contributed by atoms with Crippen LogP contribution < -0.4 is 10.5 Å². The van der Waals surface area contributed by atoms with Gasteiger partial charge in [-0.1, -0.05) is 6.07 Å². The summed E-state index contributed by atoms with van der Waals surface area (Å²) >= 11 is 0. The van der Waals surface area contributed by atoms with Crippen LogP contribution in [0.4, 0.5) is 0 Å². The van der Waals surface area contributed by atoms with Gasteiger partial charge in [0.2, 0.25) is 0 Å². The average molecular weight is 262 g/mol. The lowest BCUT2D eigenvalue weighted by Gasteiger charge is -2.13. The fraction of sp³-hybridized carbons (Fsp3) is 0.500. The number of phenols is 1. The lowest BCUT2D eigenvalue weighted by Crippen LogP contribution is -2.11. The summed E-state index contributed by atoms with van der Waals surface area (Å²) < 4.78 is 5.28. The highest BCUT2D eigenvalue weighted by molar-refractivity contribution is 5.85. The van der Waals surface area contributed by atoms with Gasteiger partial charge in [0.05, 0.1) is 6.61 Å². The minimum absolute atomic E-state index is 0. The normalized spacial score (nSPS) is 11.7. The first kappa shape index (κ1) is 16.0. The molecule has 0 aliphatic carbocycles. The van der Waals surface area contributed by atoms with Gasteiger partial charge in [-0.05, 0) is 37.5 Å². The Kier molecular flexibility index (Phi) is 7.70. The van der Waals surface area contributed by atoms with Crippen LogP contribution in [0.15, 0.2) is 18.2 Å². The highest BCUT2D eigenvalue weighted by Crippen LogP contribution is 2.29. The van der Waals surface area contributed by atoms with Crippen molar-refractivity contribution in [3.63, 3.8) is 0 Å². The van der Waals surface area contributed by atoms with Crippen LogP contribution in [-0.4, -0.2) is 23.4 Å². The van der Waals surface area contributed by atoms with Crippen LogP contribution in [0.25, 0.3) is 0 Å². The first-order chi connectivity index (χ1) is 7.69. The first-order valence-electron chi connectivity index (χ1n) is 5.51. The second-order valence-electron chi connectivity index (χ2n) is 3.63. The SMILES string of the molecule is CCOc1cc([C@@H](N)CCCO)ccc1O.Cl. The summed E-state index contributed by atoms with van der Waals surface area (Å²) in [6, 6.07) is 4.98. The maximum absolute atomic E-state index is 9.52. The third-order valence-electron chi connectivity index (χ3n) is 2.39. The second-order valence-corrected chi connectivity index (χ2v) is 3.63. The van der Waals surface area contributed by atoms with Crippen molar-refractivity contribution < 1.29 is 14.9 Å². The molecule has 0 saturated carbocycles. The Morgan fingerprint density at radius 3 is 2.71 bits per heavy atom. The van der Waals surface area contributed by atoms with Gasteiger partial charge in [0.15, 0.2) is 11.5 Å². The Hall–Kier alpha value is -0.970. The van der Waals surface area contributed by atoms with Gasteiger partial charge < -0.3 is 20.7 Å². The molecular weight excluding hydrogens is 242 g/mol. The van der Waals surface area contributed by atoms with E-state index in [0.29, 0.717) is 25.2 Å². The predicted molar refractivity (Wildman–Crippen MR) is 69.8 cm³/mol. The van der Waals surface area contributed by atoms with Crippen molar-refractivity contribution in [2.24, 2.45) is 5.73 Å². The van der Waals surface area contributed by atoms with Gasteiger partial charge in [0.25, 0.3) is 0 Å². The zero-order valence-electron chi connectivity index (χ0n) is 9.93. The fourth-order valence-electron chi connectivity index (χ4n) is 1.51. The van der Waals surface area contributed by atoms with E-state index in [9.17, 15) is 5.11 Å². The Balaban J connectivity index is 0.00000256. The van der Waals surface area contributed by atoms with Gasteiger partial charge in [0.1, 0.15) is 0 Å². The number of halogens is 1. The van der Waals surface area contributed by atoms with E-state index >= 15 is 0 Å². The Morgan fingerprint density at radius 2 is 2.12 bits per heavy atom. The third kappa shape index (κ3) is 4.81. The summed E-state index contributed by atoms with van der Waals surface area (Å²) in [5, 5.41) is 18.2. The number of aromatic hydroxyl groups is 1. The number of benzene rings is 1. The van der Waals surface area contributed by atoms with Crippen LogP contribution in [0, 0.1) is 0 Å². The maximum Gasteiger partial charge on any atom is 0.161 e. The highest BCUT2D eigenvalue weighted by atomic mass is 35.5. The summed E-state index contributed by atoms with van der Waals surface area (Å²) in [6.07, 6.45) is 1.39. The van der Waals surface area contributed by atoms with Gasteiger partial charge in [0, 0.05) is 12.6 Å². The topological polar surface area (TPSA) is 75.7 Å². The monoisotopic (exact) mass is 261 g/mol. The van der Waals surface area contributed by atoms with Crippen LogP contribution in [0.2, 0.25) is 0 Å². The maximum atomic E-state index is 9.52. The summed E-state index contributed by atoms with van der Waals surface area (Å²) in [6.45, 7) is 2.50. The molecule has 4 nitrogen and oxygen atoms in total. The summed E-state index contributed by atoms with van der Waals surface area (Å²) in [4.78, 5) is 0. The van der Waals surface area contributed by atoms with Crippen molar-refractivity contribution in [3.8, 4) is 11.5 Å². The van der Waals surface area contributed by atoms with Gasteiger partial charge in [-0.2, -0.15) is 0 Å². The molecule has 1 aromatic rings. The van der Waals surface area contributed by atoms with E-state index in [1.807, 2.05) is 6.92 Å². The van der Waals surface area contributed by atoms with Crippen molar-refractivity contribution in [2.45, 2.75) is 25.8 Å². The van der Waals surface area contributed by atoms with Crippen molar-refractivity contribution >= 4 is 12.4 Å². The molecule has 0 fully saturated rings. The largest absolute Gasteiger partial charge is 0.504 e. The highest BCUT2D eigenvalue weighted by Gasteiger charge is 2.09. The molecule has 0 amide bonds. The number of ether oxygens (including phenoxy) is 1. The van der Waals surface area contributed by atoms with Gasteiger partial charge >= 0.3 is 0 Å². The van der Waals surface area contributed by atoms with Crippen molar-refractivity contribution in [2.75, 3.05) is 13.2 Å². The van der Waals surface area contributed by atoms with E-state index in [0.717, 1.165) is 5.56 Å². The zero-order chi connectivity index (χ0) is 12.0. The molecular formula is C12H20ClNO3. The molecule has 0 unspecified atom stereocenters. The summed E-state index contributed by atoms with van der Waals surface area (Å²) in [5.74, 6) is 0.583. The summed E-state index contributed by atoms with van der Waals surface area (Å²) in [7, 11) is 0. The molecule has 1 atom stereocenters. The van der Waals surface area contributed by atoms with Crippen LogP contribution in [-0.2, 0) is 0 Å². The number of hydrogen-bond acceptors (Lipinski definition) is 4. The molecule has 0 aliphatic rings. The first-order valence-corrected chi connectivity index (χ1v) is 5.51. The number of nitrogens with two attached hydrogens (primary N) is 1. The zero-order valence-corrected chi connectivity index (χ0v) is 10.7. The Bertz CT molecular complexity index is 334. The van der Waals surface area contributed by atoms with Crippen LogP contribution in [0.1, 0.15) is 31.4 Å². The quantitative estimate of drug-likeness (QED) is 0.732. The lowest BCUT2D eigenvalue weighted by atomic mass is 10.0. The molecule has 0 aromatic heterocycles. The van der Waals surface area contributed by atoms with Gasteiger partial charge in [-0.25, -0.2) is 0 Å². The molecule has 0 aliphatic heterocycles. The minimum Gasteiger partial charge on any atom is -0.504 e. The molecule has 0 spiro atoms. The Morgan fingerprint density at radius 1 is 1.41 bits per heavy atom. The van der Waals surface area contributed by atoms with Crippen LogP contribution in [0.3, 0.4) is 0 Å². The molecule has 0 bridgehead atoms. The molecule has 17 heavy (non-hydrogen) atoms. The molecule has 98 valence electrons. The van der Waals surface area contributed by atoms with E-state index in [2.05, 4.69) is 0 Å². The molecule has 0 heterocycles. The average Bonchev–Trinajstić information content (AvgIpc) is 2.29. The van der Waals surface area contributed by atoms with E-state index in [-0.39, 0.29) is 30.8 Å². The third-order valence-corrected chi connectivity index (χ3v) is 2.39. The summed E-state index contributed by atoms with van der Waals surface area (Å²) in [5.41, 5.74) is 6.86. The lowest BCUT2D eigenvalue weighted by molar-refractivity contribution is 0.279. The molecule has 4 N–H and O–H groups in total. The van der Waals surface area contributed by atoms with Gasteiger partial charge in [-0.15, -0.1) is 12.4 Å². The number of aliphatic hydroxyl groups excluding tert-OH is 1. The number of phenolic OH excluding ortho intramolecular Hbond substituents is 1. The van der Waals surface area contributed by atoms with E-state index in [1.165, 1.54) is 0 Å².